The highest BCUT2D eigenvalue weighted by Crippen LogP contribution is 2.33. The minimum absolute atomic E-state index is 0.769. The van der Waals surface area contributed by atoms with Crippen LogP contribution in [-0.4, -0.2) is 61.2 Å². The molecule has 0 spiro atoms. The predicted molar refractivity (Wildman–Crippen MR) is 78.0 cm³/mol. The van der Waals surface area contributed by atoms with E-state index in [-0.39, 0.29) is 0 Å². The van der Waals surface area contributed by atoms with Crippen molar-refractivity contribution in [3.05, 3.63) is 0 Å². The lowest BCUT2D eigenvalue weighted by Gasteiger charge is -2.49. The first-order valence-electron chi connectivity index (χ1n) is 7.93. The lowest BCUT2D eigenvalue weighted by molar-refractivity contribution is 0.0192. The second kappa shape index (κ2) is 6.88. The van der Waals surface area contributed by atoms with Gasteiger partial charge in [0.15, 0.2) is 0 Å². The van der Waals surface area contributed by atoms with Gasteiger partial charge >= 0.3 is 0 Å². The monoisotopic (exact) mass is 253 g/mol. The summed E-state index contributed by atoms with van der Waals surface area (Å²) in [5.74, 6) is 0. The maximum Gasteiger partial charge on any atom is 0.0115 e. The first-order chi connectivity index (χ1) is 8.78. The number of rotatable bonds is 6. The van der Waals surface area contributed by atoms with Crippen LogP contribution in [0.25, 0.3) is 0 Å². The second-order valence-electron chi connectivity index (χ2n) is 5.96. The summed E-state index contributed by atoms with van der Waals surface area (Å²) >= 11 is 0. The molecule has 2 fully saturated rings. The van der Waals surface area contributed by atoms with Gasteiger partial charge in [-0.25, -0.2) is 0 Å². The number of fused-ring (bicyclic) bond motifs is 2. The Balaban J connectivity index is 1.88. The molecule has 1 N–H and O–H groups in total. The van der Waals surface area contributed by atoms with E-state index in [1.54, 1.807) is 0 Å². The van der Waals surface area contributed by atoms with Crippen LogP contribution in [-0.2, 0) is 0 Å². The summed E-state index contributed by atoms with van der Waals surface area (Å²) in [5.41, 5.74) is 0. The van der Waals surface area contributed by atoms with E-state index in [2.05, 4.69) is 36.0 Å². The van der Waals surface area contributed by atoms with Crippen LogP contribution in [0.1, 0.15) is 46.0 Å². The van der Waals surface area contributed by atoms with Gasteiger partial charge in [0.2, 0.25) is 0 Å². The van der Waals surface area contributed by atoms with Crippen LogP contribution in [0.3, 0.4) is 0 Å². The molecule has 0 radical (unpaired) electrons. The van der Waals surface area contributed by atoms with E-state index in [9.17, 15) is 0 Å². The molecule has 18 heavy (non-hydrogen) atoms. The zero-order valence-electron chi connectivity index (χ0n) is 12.5. The first kappa shape index (κ1) is 14.3. The van der Waals surface area contributed by atoms with E-state index in [0.29, 0.717) is 0 Å². The normalized spacial score (nSPS) is 33.0. The van der Waals surface area contributed by atoms with Crippen molar-refractivity contribution < 1.29 is 0 Å². The minimum Gasteiger partial charge on any atom is -0.317 e. The number of likely N-dealkylation sites (N-methyl/N-ethyl adjacent to an activating group) is 1. The van der Waals surface area contributed by atoms with E-state index in [4.69, 9.17) is 0 Å². The maximum atomic E-state index is 3.50. The van der Waals surface area contributed by atoms with Crippen LogP contribution >= 0.6 is 0 Å². The average Bonchev–Trinajstić information content (AvgIpc) is 2.39. The molecule has 2 unspecified atom stereocenters. The molecule has 0 saturated carbocycles. The molecule has 3 nitrogen and oxygen atoms in total. The van der Waals surface area contributed by atoms with Gasteiger partial charge in [-0.05, 0) is 45.8 Å². The van der Waals surface area contributed by atoms with E-state index >= 15 is 0 Å². The third kappa shape index (κ3) is 3.25. The number of nitrogens with zero attached hydrogens (tertiary/aromatic N) is 2. The highest BCUT2D eigenvalue weighted by molar-refractivity contribution is 4.94. The predicted octanol–water partition coefficient (Wildman–Crippen LogP) is 1.93. The molecule has 0 aromatic carbocycles. The van der Waals surface area contributed by atoms with Crippen molar-refractivity contribution in [1.82, 2.24) is 15.1 Å². The largest absolute Gasteiger partial charge is 0.317 e. The van der Waals surface area contributed by atoms with Crippen LogP contribution in [0, 0.1) is 0 Å². The van der Waals surface area contributed by atoms with Crippen molar-refractivity contribution in [1.29, 1.82) is 0 Å². The van der Waals surface area contributed by atoms with Crippen molar-refractivity contribution in [2.75, 3.05) is 33.2 Å². The fourth-order valence-electron chi connectivity index (χ4n) is 3.88. The molecule has 0 amide bonds. The van der Waals surface area contributed by atoms with Crippen molar-refractivity contribution in [2.24, 2.45) is 0 Å². The quantitative estimate of drug-likeness (QED) is 0.780. The average molecular weight is 253 g/mol. The van der Waals surface area contributed by atoms with E-state index in [0.717, 1.165) is 18.1 Å². The van der Waals surface area contributed by atoms with Gasteiger partial charge < -0.3 is 10.2 Å². The zero-order chi connectivity index (χ0) is 13.0. The molecule has 2 aliphatic rings. The highest BCUT2D eigenvalue weighted by Gasteiger charge is 2.37. The Morgan fingerprint density at radius 2 is 1.72 bits per heavy atom. The summed E-state index contributed by atoms with van der Waals surface area (Å²) in [6.45, 7) is 9.48. The molecule has 2 saturated heterocycles. The number of nitrogens with one attached hydrogen (secondary N) is 1. The van der Waals surface area contributed by atoms with E-state index < -0.39 is 0 Å². The Labute approximate surface area is 113 Å². The molecule has 2 aliphatic heterocycles. The van der Waals surface area contributed by atoms with Crippen molar-refractivity contribution in [3.8, 4) is 0 Å². The van der Waals surface area contributed by atoms with Crippen molar-refractivity contribution in [3.63, 3.8) is 0 Å². The van der Waals surface area contributed by atoms with Crippen LogP contribution in [0.15, 0.2) is 0 Å². The number of hydrogen-bond donors (Lipinski definition) is 1. The molecular weight excluding hydrogens is 222 g/mol. The second-order valence-corrected chi connectivity index (χ2v) is 5.96. The van der Waals surface area contributed by atoms with Crippen LogP contribution in [0.2, 0.25) is 0 Å². The van der Waals surface area contributed by atoms with Gasteiger partial charge in [-0.15, -0.1) is 0 Å². The Bertz CT molecular complexity index is 226. The Hall–Kier alpha value is -0.120. The summed E-state index contributed by atoms with van der Waals surface area (Å²) in [4.78, 5) is 5.38. The van der Waals surface area contributed by atoms with Crippen LogP contribution in [0.4, 0.5) is 0 Å². The Morgan fingerprint density at radius 1 is 1.11 bits per heavy atom. The molecule has 0 aromatic heterocycles. The van der Waals surface area contributed by atoms with Crippen LogP contribution in [0.5, 0.6) is 0 Å². The van der Waals surface area contributed by atoms with Gasteiger partial charge in [-0.1, -0.05) is 20.3 Å². The lowest BCUT2D eigenvalue weighted by atomic mass is 9.82. The smallest absolute Gasteiger partial charge is 0.0115 e. The standard InChI is InChI=1S/C15H31N3/c1-4-17(5-2)9-10-18-14-7-6-8-15(18)12-13(11-14)16-3/h13-16H,4-12H2,1-3H3. The molecular formula is C15H31N3. The third-order valence-corrected chi connectivity index (χ3v) is 5.10. The molecule has 0 aliphatic carbocycles. The topological polar surface area (TPSA) is 18.5 Å². The summed E-state index contributed by atoms with van der Waals surface area (Å²) in [5, 5.41) is 3.50. The van der Waals surface area contributed by atoms with Crippen LogP contribution < -0.4 is 5.32 Å². The fraction of sp³-hybridized carbons (Fsp3) is 1.00. The highest BCUT2D eigenvalue weighted by atomic mass is 15.2. The van der Waals surface area contributed by atoms with Gasteiger partial charge in [0.05, 0.1) is 0 Å². The summed E-state index contributed by atoms with van der Waals surface area (Å²) < 4.78 is 0. The first-order valence-corrected chi connectivity index (χ1v) is 7.93. The van der Waals surface area contributed by atoms with Gasteiger partial charge in [0.1, 0.15) is 0 Å². The molecule has 2 heterocycles. The number of hydrogen-bond acceptors (Lipinski definition) is 3. The molecule has 3 heteroatoms. The summed E-state index contributed by atoms with van der Waals surface area (Å²) in [6, 6.07) is 2.47. The lowest BCUT2D eigenvalue weighted by Crippen LogP contribution is -2.57. The fourth-order valence-corrected chi connectivity index (χ4v) is 3.88. The Kier molecular flexibility index (Phi) is 5.46. The van der Waals surface area contributed by atoms with Crippen molar-refractivity contribution >= 4 is 0 Å². The molecule has 2 rings (SSSR count). The summed E-state index contributed by atoms with van der Waals surface area (Å²) in [6.07, 6.45) is 7.03. The molecule has 2 atom stereocenters. The van der Waals surface area contributed by atoms with Gasteiger partial charge in [-0.3, -0.25) is 4.90 Å². The number of piperidine rings is 2. The van der Waals surface area contributed by atoms with Crippen molar-refractivity contribution in [2.45, 2.75) is 64.1 Å². The molecule has 106 valence electrons. The zero-order valence-corrected chi connectivity index (χ0v) is 12.5. The van der Waals surface area contributed by atoms with E-state index in [1.807, 2.05) is 0 Å². The molecule has 0 aromatic rings. The Morgan fingerprint density at radius 3 is 2.22 bits per heavy atom. The maximum absolute atomic E-state index is 3.50. The van der Waals surface area contributed by atoms with Gasteiger partial charge in [-0.2, -0.15) is 0 Å². The molecule has 2 bridgehead atoms. The summed E-state index contributed by atoms with van der Waals surface area (Å²) in [7, 11) is 2.13. The SMILES string of the molecule is CCN(CC)CCN1C2CCCC1CC(NC)C2. The minimum atomic E-state index is 0.769. The van der Waals surface area contributed by atoms with Gasteiger partial charge in [0, 0.05) is 31.2 Å². The third-order valence-electron chi connectivity index (χ3n) is 5.10. The van der Waals surface area contributed by atoms with E-state index in [1.165, 1.54) is 58.3 Å². The van der Waals surface area contributed by atoms with Gasteiger partial charge in [0.25, 0.3) is 0 Å².